The molecule has 0 spiro atoms. The van der Waals surface area contributed by atoms with Crippen LogP contribution in [0.3, 0.4) is 0 Å². The summed E-state index contributed by atoms with van der Waals surface area (Å²) in [6.07, 6.45) is 2.69. The summed E-state index contributed by atoms with van der Waals surface area (Å²) >= 11 is 1.50. The predicted molar refractivity (Wildman–Crippen MR) is 116 cm³/mol. The number of aromatic nitrogens is 3. The van der Waals surface area contributed by atoms with Crippen LogP contribution in [-0.4, -0.2) is 37.9 Å². The average Bonchev–Trinajstić information content (AvgIpc) is 3.14. The lowest BCUT2D eigenvalue weighted by Crippen LogP contribution is -2.37. The Kier molecular flexibility index (Phi) is 6.30. The molecule has 0 saturated heterocycles. The lowest BCUT2D eigenvalue weighted by molar-refractivity contribution is -0.129. The predicted octanol–water partition coefficient (Wildman–Crippen LogP) is 3.96. The summed E-state index contributed by atoms with van der Waals surface area (Å²) in [6.45, 7) is 4.51. The normalized spacial score (nSPS) is 13.3. The van der Waals surface area contributed by atoms with Crippen molar-refractivity contribution in [2.24, 2.45) is 0 Å². The quantitative estimate of drug-likeness (QED) is 0.558. The van der Waals surface area contributed by atoms with Gasteiger partial charge in [-0.25, -0.2) is 0 Å². The second-order valence-electron chi connectivity index (χ2n) is 7.34. The van der Waals surface area contributed by atoms with Gasteiger partial charge in [-0.15, -0.1) is 10.2 Å². The molecule has 1 aliphatic rings. The number of carbonyl (C=O) groups is 1. The van der Waals surface area contributed by atoms with Crippen LogP contribution < -0.4 is 0 Å². The fourth-order valence-corrected chi connectivity index (χ4v) is 4.60. The van der Waals surface area contributed by atoms with Crippen molar-refractivity contribution < 1.29 is 4.79 Å². The number of benzene rings is 2. The summed E-state index contributed by atoms with van der Waals surface area (Å²) in [5, 5.41) is 9.64. The second-order valence-corrected chi connectivity index (χ2v) is 8.28. The van der Waals surface area contributed by atoms with Gasteiger partial charge in [0.1, 0.15) is 5.82 Å². The smallest absolute Gasteiger partial charge is 0.233 e. The maximum absolute atomic E-state index is 12.8. The highest BCUT2D eigenvalue weighted by atomic mass is 32.2. The Morgan fingerprint density at radius 3 is 2.59 bits per heavy atom. The third-order valence-electron chi connectivity index (χ3n) is 5.25. The molecule has 0 saturated carbocycles. The maximum atomic E-state index is 12.8. The minimum atomic E-state index is 0.167. The zero-order chi connectivity index (χ0) is 20.1. The van der Waals surface area contributed by atoms with Crippen LogP contribution in [0, 0.1) is 0 Å². The van der Waals surface area contributed by atoms with E-state index in [1.54, 1.807) is 0 Å². The van der Waals surface area contributed by atoms with Crippen LogP contribution >= 0.6 is 11.8 Å². The molecule has 2 heterocycles. The van der Waals surface area contributed by atoms with E-state index in [0.717, 1.165) is 43.3 Å². The molecule has 5 nitrogen and oxygen atoms in total. The van der Waals surface area contributed by atoms with E-state index in [1.807, 2.05) is 29.2 Å². The number of hydrogen-bond acceptors (Lipinski definition) is 4. The highest BCUT2D eigenvalue weighted by Crippen LogP contribution is 2.23. The zero-order valence-corrected chi connectivity index (χ0v) is 17.6. The van der Waals surface area contributed by atoms with Crippen molar-refractivity contribution in [3.63, 3.8) is 0 Å². The maximum Gasteiger partial charge on any atom is 0.233 e. The molecule has 150 valence electrons. The molecule has 0 N–H and O–H groups in total. The van der Waals surface area contributed by atoms with E-state index in [4.69, 9.17) is 0 Å². The highest BCUT2D eigenvalue weighted by molar-refractivity contribution is 7.99. The van der Waals surface area contributed by atoms with Crippen molar-refractivity contribution in [1.29, 1.82) is 0 Å². The number of carbonyl (C=O) groups excluding carboxylic acids is 1. The van der Waals surface area contributed by atoms with Gasteiger partial charge in [0.05, 0.1) is 5.75 Å². The monoisotopic (exact) mass is 406 g/mol. The number of fused-ring (bicyclic) bond motifs is 1. The zero-order valence-electron chi connectivity index (χ0n) is 16.8. The number of rotatable bonds is 7. The van der Waals surface area contributed by atoms with Crippen molar-refractivity contribution in [2.45, 2.75) is 44.4 Å². The molecule has 3 aromatic rings. The van der Waals surface area contributed by atoms with Gasteiger partial charge in [0.15, 0.2) is 5.16 Å². The Morgan fingerprint density at radius 2 is 1.79 bits per heavy atom. The Balaban J connectivity index is 1.41. The molecule has 1 amide bonds. The van der Waals surface area contributed by atoms with Crippen molar-refractivity contribution >= 4 is 17.7 Å². The standard InChI is InChI=1S/C23H26N4OS/c1-2-13-27-21(15-18-8-4-3-5-9-18)24-25-23(27)29-17-22(28)26-14-12-19-10-6-7-11-20(19)16-26/h3-11H,2,12-17H2,1H3. The summed E-state index contributed by atoms with van der Waals surface area (Å²) in [5.41, 5.74) is 3.84. The summed E-state index contributed by atoms with van der Waals surface area (Å²) in [5.74, 6) is 1.52. The molecule has 0 fully saturated rings. The van der Waals surface area contributed by atoms with Gasteiger partial charge in [0, 0.05) is 26.1 Å². The van der Waals surface area contributed by atoms with E-state index < -0.39 is 0 Å². The van der Waals surface area contributed by atoms with Crippen molar-refractivity contribution in [3.8, 4) is 0 Å². The first-order valence-electron chi connectivity index (χ1n) is 10.2. The second kappa shape index (κ2) is 9.27. The van der Waals surface area contributed by atoms with E-state index in [2.05, 4.69) is 52.0 Å². The van der Waals surface area contributed by atoms with Crippen LogP contribution in [0.4, 0.5) is 0 Å². The van der Waals surface area contributed by atoms with Gasteiger partial charge in [-0.3, -0.25) is 4.79 Å². The van der Waals surface area contributed by atoms with Crippen LogP contribution in [0.2, 0.25) is 0 Å². The van der Waals surface area contributed by atoms with Crippen LogP contribution in [0.5, 0.6) is 0 Å². The first kappa shape index (κ1) is 19.7. The van der Waals surface area contributed by atoms with Crippen LogP contribution in [0.15, 0.2) is 59.8 Å². The lowest BCUT2D eigenvalue weighted by Gasteiger charge is -2.28. The molecule has 4 rings (SSSR count). The first-order valence-corrected chi connectivity index (χ1v) is 11.2. The third-order valence-corrected chi connectivity index (χ3v) is 6.21. The van der Waals surface area contributed by atoms with Gasteiger partial charge in [-0.05, 0) is 29.5 Å². The van der Waals surface area contributed by atoms with Crippen molar-refractivity contribution in [3.05, 3.63) is 77.1 Å². The molecule has 0 atom stereocenters. The molecule has 0 bridgehead atoms. The summed E-state index contributed by atoms with van der Waals surface area (Å²) in [4.78, 5) is 14.8. The summed E-state index contributed by atoms with van der Waals surface area (Å²) in [6, 6.07) is 18.7. The van der Waals surface area contributed by atoms with Gasteiger partial charge >= 0.3 is 0 Å². The fourth-order valence-electron chi connectivity index (χ4n) is 3.71. The van der Waals surface area contributed by atoms with Gasteiger partial charge in [0.25, 0.3) is 0 Å². The Hall–Kier alpha value is -2.60. The van der Waals surface area contributed by atoms with Crippen molar-refractivity contribution in [1.82, 2.24) is 19.7 Å². The van der Waals surface area contributed by atoms with E-state index in [0.29, 0.717) is 12.3 Å². The number of nitrogens with zero attached hydrogens (tertiary/aromatic N) is 4. The third kappa shape index (κ3) is 4.70. The molecule has 1 aliphatic heterocycles. The van der Waals surface area contributed by atoms with Gasteiger partial charge in [0.2, 0.25) is 5.91 Å². The van der Waals surface area contributed by atoms with Crippen molar-refractivity contribution in [2.75, 3.05) is 12.3 Å². The molecule has 0 unspecified atom stereocenters. The first-order chi connectivity index (χ1) is 14.2. The summed E-state index contributed by atoms with van der Waals surface area (Å²) < 4.78 is 2.16. The average molecular weight is 407 g/mol. The molecule has 6 heteroatoms. The minimum absolute atomic E-state index is 0.167. The topological polar surface area (TPSA) is 51.0 Å². The summed E-state index contributed by atoms with van der Waals surface area (Å²) in [7, 11) is 0. The molecule has 1 aromatic heterocycles. The minimum Gasteiger partial charge on any atom is -0.337 e. The number of hydrogen-bond donors (Lipinski definition) is 0. The Bertz CT molecular complexity index is 970. The number of thioether (sulfide) groups is 1. The highest BCUT2D eigenvalue weighted by Gasteiger charge is 2.21. The Labute approximate surface area is 176 Å². The van der Waals surface area contributed by atoms with Gasteiger partial charge in [-0.1, -0.05) is 73.3 Å². The van der Waals surface area contributed by atoms with Gasteiger partial charge in [-0.2, -0.15) is 0 Å². The molecule has 29 heavy (non-hydrogen) atoms. The largest absolute Gasteiger partial charge is 0.337 e. The van der Waals surface area contributed by atoms with E-state index >= 15 is 0 Å². The van der Waals surface area contributed by atoms with Crippen LogP contribution in [-0.2, 0) is 30.7 Å². The molecular formula is C23H26N4OS. The number of amides is 1. The van der Waals surface area contributed by atoms with Crippen LogP contribution in [0.1, 0.15) is 35.9 Å². The van der Waals surface area contributed by atoms with E-state index in [1.165, 1.54) is 28.5 Å². The molecular weight excluding hydrogens is 380 g/mol. The fraction of sp³-hybridized carbons (Fsp3) is 0.348. The van der Waals surface area contributed by atoms with E-state index in [9.17, 15) is 4.79 Å². The molecule has 0 aliphatic carbocycles. The Morgan fingerprint density at radius 1 is 1.03 bits per heavy atom. The van der Waals surface area contributed by atoms with E-state index in [-0.39, 0.29) is 5.91 Å². The van der Waals surface area contributed by atoms with Crippen LogP contribution in [0.25, 0.3) is 0 Å². The SMILES string of the molecule is CCCn1c(Cc2ccccc2)nnc1SCC(=O)N1CCc2ccccc2C1. The molecule has 2 aromatic carbocycles. The lowest BCUT2D eigenvalue weighted by atomic mass is 10.00. The van der Waals surface area contributed by atoms with Gasteiger partial charge < -0.3 is 9.47 Å². The molecule has 0 radical (unpaired) electrons.